The third-order valence-electron chi connectivity index (χ3n) is 4.11. The van der Waals surface area contributed by atoms with E-state index in [1.54, 1.807) is 14.2 Å². The molecule has 0 spiro atoms. The van der Waals surface area contributed by atoms with Crippen LogP contribution in [0.1, 0.15) is 29.0 Å². The number of benzene rings is 1. The molecule has 0 bridgehead atoms. The lowest BCUT2D eigenvalue weighted by atomic mass is 10.0. The number of hydrogen-bond donors (Lipinski definition) is 3. The van der Waals surface area contributed by atoms with Gasteiger partial charge in [0.1, 0.15) is 6.10 Å². The van der Waals surface area contributed by atoms with Gasteiger partial charge < -0.3 is 25.0 Å². The average molecular weight is 402 g/mol. The van der Waals surface area contributed by atoms with Crippen LogP contribution in [0.3, 0.4) is 0 Å². The summed E-state index contributed by atoms with van der Waals surface area (Å²) in [4.78, 5) is 0.863. The van der Waals surface area contributed by atoms with Gasteiger partial charge in [0, 0.05) is 10.9 Å². The van der Waals surface area contributed by atoms with E-state index in [0.29, 0.717) is 11.5 Å². The highest BCUT2D eigenvalue weighted by atomic mass is 35.5. The number of aryl methyl sites for hydroxylation is 1. The van der Waals surface area contributed by atoms with Crippen LogP contribution >= 0.6 is 23.7 Å². The lowest BCUT2D eigenvalue weighted by Crippen LogP contribution is -2.43. The summed E-state index contributed by atoms with van der Waals surface area (Å²) in [5, 5.41) is 25.5. The molecule has 3 atom stereocenters. The number of aliphatic hydroxyl groups excluding tert-OH is 2. The number of halogens is 1. The van der Waals surface area contributed by atoms with E-state index in [9.17, 15) is 10.2 Å². The van der Waals surface area contributed by atoms with Crippen molar-refractivity contribution in [3.8, 4) is 11.5 Å². The maximum absolute atomic E-state index is 10.5. The quantitative estimate of drug-likeness (QED) is 0.602. The third-order valence-corrected chi connectivity index (χ3v) is 5.23. The van der Waals surface area contributed by atoms with Gasteiger partial charge in [0.05, 0.1) is 26.9 Å². The Morgan fingerprint density at radius 3 is 2.38 bits per heavy atom. The van der Waals surface area contributed by atoms with E-state index in [1.165, 1.54) is 11.3 Å². The average Bonchev–Trinajstić information content (AvgIpc) is 3.05. The second-order valence-electron chi connectivity index (χ2n) is 6.22. The number of ether oxygens (including phenoxy) is 2. The normalized spacial score (nSPS) is 14.2. The molecule has 26 heavy (non-hydrogen) atoms. The predicted octanol–water partition coefficient (Wildman–Crippen LogP) is 3.11. The molecule has 1 aromatic heterocycles. The van der Waals surface area contributed by atoms with Crippen LogP contribution in [0.2, 0.25) is 0 Å². The molecule has 146 valence electrons. The van der Waals surface area contributed by atoms with Crippen molar-refractivity contribution in [1.82, 2.24) is 5.32 Å². The number of thiophene rings is 1. The maximum Gasteiger partial charge on any atom is 0.160 e. The van der Waals surface area contributed by atoms with Crippen LogP contribution in [0.15, 0.2) is 29.6 Å². The largest absolute Gasteiger partial charge is 0.493 e. The van der Waals surface area contributed by atoms with E-state index in [1.807, 2.05) is 43.5 Å². The highest BCUT2D eigenvalue weighted by Gasteiger charge is 2.23. The van der Waals surface area contributed by atoms with Gasteiger partial charge in [-0.1, -0.05) is 6.07 Å². The highest BCUT2D eigenvalue weighted by Crippen LogP contribution is 2.28. The zero-order valence-electron chi connectivity index (χ0n) is 15.6. The molecule has 0 fully saturated rings. The van der Waals surface area contributed by atoms with Crippen LogP contribution in [0.5, 0.6) is 11.5 Å². The molecule has 0 saturated carbocycles. The number of hydrogen-bond acceptors (Lipinski definition) is 6. The molecule has 2 rings (SSSR count). The van der Waals surface area contributed by atoms with E-state index < -0.39 is 12.1 Å². The fourth-order valence-electron chi connectivity index (χ4n) is 2.84. The topological polar surface area (TPSA) is 71.0 Å². The van der Waals surface area contributed by atoms with Gasteiger partial charge in [0.15, 0.2) is 11.5 Å². The molecular weight excluding hydrogens is 374 g/mol. The predicted molar refractivity (Wildman–Crippen MR) is 108 cm³/mol. The molecule has 2 aromatic rings. The van der Waals surface area contributed by atoms with Gasteiger partial charge in [-0.25, -0.2) is 0 Å². The Morgan fingerprint density at radius 2 is 1.85 bits per heavy atom. The fourth-order valence-corrected chi connectivity index (χ4v) is 3.78. The maximum atomic E-state index is 10.5. The first-order valence-electron chi connectivity index (χ1n) is 8.29. The van der Waals surface area contributed by atoms with Gasteiger partial charge in [0.2, 0.25) is 0 Å². The van der Waals surface area contributed by atoms with Gasteiger partial charge in [-0.05, 0) is 55.0 Å². The molecule has 1 unspecified atom stereocenters. The molecule has 0 saturated heterocycles. The minimum absolute atomic E-state index is 0. The van der Waals surface area contributed by atoms with Crippen molar-refractivity contribution < 1.29 is 19.7 Å². The zero-order valence-corrected chi connectivity index (χ0v) is 17.2. The van der Waals surface area contributed by atoms with Crippen molar-refractivity contribution in [2.45, 2.75) is 38.5 Å². The second-order valence-corrected chi connectivity index (χ2v) is 7.16. The smallest absolute Gasteiger partial charge is 0.160 e. The zero-order chi connectivity index (χ0) is 18.4. The summed E-state index contributed by atoms with van der Waals surface area (Å²) >= 11 is 1.51. The van der Waals surface area contributed by atoms with Crippen molar-refractivity contribution >= 4 is 23.7 Å². The SMILES string of the molecule is COc1ccc(CC(C)N[C@@H](CO)[C@H](O)c2cc(C)cs2)cc1OC.Cl. The van der Waals surface area contributed by atoms with E-state index >= 15 is 0 Å². The van der Waals surface area contributed by atoms with Crippen molar-refractivity contribution in [3.63, 3.8) is 0 Å². The summed E-state index contributed by atoms with van der Waals surface area (Å²) in [5.74, 6) is 1.39. The minimum atomic E-state index is -0.725. The van der Waals surface area contributed by atoms with Crippen LogP contribution in [0.4, 0.5) is 0 Å². The monoisotopic (exact) mass is 401 g/mol. The molecule has 0 aliphatic carbocycles. The van der Waals surface area contributed by atoms with Crippen LogP contribution < -0.4 is 14.8 Å². The van der Waals surface area contributed by atoms with Crippen molar-refractivity contribution in [2.24, 2.45) is 0 Å². The lowest BCUT2D eigenvalue weighted by Gasteiger charge is -2.25. The fraction of sp³-hybridized carbons (Fsp3) is 0.474. The van der Waals surface area contributed by atoms with E-state index in [4.69, 9.17) is 9.47 Å². The Morgan fingerprint density at radius 1 is 1.15 bits per heavy atom. The van der Waals surface area contributed by atoms with E-state index in [2.05, 4.69) is 5.32 Å². The summed E-state index contributed by atoms with van der Waals surface area (Å²) < 4.78 is 10.6. The van der Waals surface area contributed by atoms with Crippen LogP contribution in [-0.2, 0) is 6.42 Å². The van der Waals surface area contributed by atoms with Crippen molar-refractivity contribution in [2.75, 3.05) is 20.8 Å². The first kappa shape index (κ1) is 22.7. The summed E-state index contributed by atoms with van der Waals surface area (Å²) in [6.45, 7) is 3.90. The Kier molecular flexibility index (Phi) is 9.39. The summed E-state index contributed by atoms with van der Waals surface area (Å²) in [6.07, 6.45) is 0.0177. The van der Waals surface area contributed by atoms with Gasteiger partial charge in [0.25, 0.3) is 0 Å². The molecule has 3 N–H and O–H groups in total. The Hall–Kier alpha value is -1.31. The molecular formula is C19H28ClNO4S. The molecule has 5 nitrogen and oxygen atoms in total. The Balaban J connectivity index is 0.00000338. The standard InChI is InChI=1S/C19H27NO4S.ClH/c1-12-7-18(25-11-12)19(22)15(10-21)20-13(2)8-14-5-6-16(23-3)17(9-14)24-4;/h5-7,9,11,13,15,19-22H,8,10H2,1-4H3;1H/t13?,15-,19-;/m0./s1. The summed E-state index contributed by atoms with van der Waals surface area (Å²) in [6, 6.07) is 7.45. The molecule has 7 heteroatoms. The first-order valence-corrected chi connectivity index (χ1v) is 9.17. The minimum Gasteiger partial charge on any atom is -0.493 e. The summed E-state index contributed by atoms with van der Waals surface area (Å²) in [5.41, 5.74) is 2.21. The van der Waals surface area contributed by atoms with Crippen molar-refractivity contribution in [1.29, 1.82) is 0 Å². The van der Waals surface area contributed by atoms with Gasteiger partial charge >= 0.3 is 0 Å². The molecule has 0 aliphatic rings. The van der Waals surface area contributed by atoms with E-state index in [0.717, 1.165) is 22.4 Å². The number of methoxy groups -OCH3 is 2. The van der Waals surface area contributed by atoms with Crippen LogP contribution in [-0.4, -0.2) is 43.1 Å². The van der Waals surface area contributed by atoms with Crippen LogP contribution in [0, 0.1) is 6.92 Å². The third kappa shape index (κ3) is 5.86. The van der Waals surface area contributed by atoms with Gasteiger partial charge in [-0.3, -0.25) is 0 Å². The number of aliphatic hydroxyl groups is 2. The number of rotatable bonds is 9. The molecule has 1 heterocycles. The molecule has 0 radical (unpaired) electrons. The molecule has 1 aromatic carbocycles. The first-order chi connectivity index (χ1) is 12.0. The van der Waals surface area contributed by atoms with Gasteiger partial charge in [-0.15, -0.1) is 23.7 Å². The molecule has 0 aliphatic heterocycles. The second kappa shape index (κ2) is 10.7. The highest BCUT2D eigenvalue weighted by molar-refractivity contribution is 7.10. The molecule has 0 amide bonds. The van der Waals surface area contributed by atoms with Crippen molar-refractivity contribution in [3.05, 3.63) is 45.6 Å². The summed E-state index contributed by atoms with van der Waals surface area (Å²) in [7, 11) is 3.23. The van der Waals surface area contributed by atoms with E-state index in [-0.39, 0.29) is 25.1 Å². The van der Waals surface area contributed by atoms with Gasteiger partial charge in [-0.2, -0.15) is 0 Å². The Bertz CT molecular complexity index is 679. The Labute approximate surface area is 165 Å². The lowest BCUT2D eigenvalue weighted by molar-refractivity contribution is 0.0869. The van der Waals surface area contributed by atoms with Crippen LogP contribution in [0.25, 0.3) is 0 Å². The number of nitrogens with one attached hydrogen (secondary N) is 1.